The molecular weight excluding hydrogens is 532 g/mol. The number of aromatic nitrogens is 2. The lowest BCUT2D eigenvalue weighted by molar-refractivity contribution is -0.122. The molecule has 2 aliphatic rings. The minimum atomic E-state index is -0.704. The van der Waals surface area contributed by atoms with Crippen molar-refractivity contribution in [2.45, 2.75) is 25.8 Å². The number of anilines is 2. The Balaban J connectivity index is 1.27. The zero-order valence-electron chi connectivity index (χ0n) is 21.6. The van der Waals surface area contributed by atoms with E-state index >= 15 is 0 Å². The molecule has 1 saturated heterocycles. The van der Waals surface area contributed by atoms with Gasteiger partial charge in [0.1, 0.15) is 17.4 Å². The number of carbonyl (C=O) groups is 1. The number of hydrogen-bond acceptors (Lipinski definition) is 6. The first kappa shape index (κ1) is 26.2. The quantitative estimate of drug-likeness (QED) is 0.292. The molecule has 2 aliphatic heterocycles. The van der Waals surface area contributed by atoms with Gasteiger partial charge in [0.2, 0.25) is 5.95 Å². The summed E-state index contributed by atoms with van der Waals surface area (Å²) in [4.78, 5) is 26.4. The minimum absolute atomic E-state index is 0.129. The van der Waals surface area contributed by atoms with Gasteiger partial charge in [0.25, 0.3) is 0 Å². The number of piperidine rings is 1. The number of Topliss-reactive ketones (excluding diaryl/α,β-unsaturated/α-hetero) is 1. The summed E-state index contributed by atoms with van der Waals surface area (Å²) in [6.07, 6.45) is 3.88. The Morgan fingerprint density at radius 3 is 2.50 bits per heavy atom. The Bertz CT molecular complexity index is 1600. The second-order valence-electron chi connectivity index (χ2n) is 10.0. The molecule has 9 heteroatoms. The number of fused-ring (bicyclic) bond motifs is 3. The van der Waals surface area contributed by atoms with Crippen LogP contribution in [-0.4, -0.2) is 34.6 Å². The zero-order valence-corrected chi connectivity index (χ0v) is 22.3. The third-order valence-electron chi connectivity index (χ3n) is 7.35. The van der Waals surface area contributed by atoms with Gasteiger partial charge in [-0.2, -0.15) is 0 Å². The molecule has 0 unspecified atom stereocenters. The van der Waals surface area contributed by atoms with Crippen LogP contribution in [0.3, 0.4) is 0 Å². The average molecular weight is 558 g/mol. The molecular formula is C31H26ClF2N5O. The monoisotopic (exact) mass is 557 g/mol. The number of benzene rings is 3. The molecule has 3 aromatic carbocycles. The summed E-state index contributed by atoms with van der Waals surface area (Å²) in [6.45, 7) is 1.93. The molecule has 6 rings (SSSR count). The van der Waals surface area contributed by atoms with Crippen molar-refractivity contribution in [3.8, 4) is 11.3 Å². The average Bonchev–Trinajstić information content (AvgIpc) is 3.11. The molecule has 0 aliphatic carbocycles. The molecule has 0 saturated carbocycles. The van der Waals surface area contributed by atoms with Crippen molar-refractivity contribution in [2.75, 3.05) is 18.4 Å². The zero-order chi connectivity index (χ0) is 27.6. The van der Waals surface area contributed by atoms with Gasteiger partial charge in [0.05, 0.1) is 23.5 Å². The summed E-state index contributed by atoms with van der Waals surface area (Å²) in [5.74, 6) is -0.635. The molecule has 0 atom stereocenters. The molecule has 0 spiro atoms. The topological polar surface area (TPSA) is 79.3 Å². The predicted molar refractivity (Wildman–Crippen MR) is 152 cm³/mol. The summed E-state index contributed by atoms with van der Waals surface area (Å²) >= 11 is 6.30. The van der Waals surface area contributed by atoms with E-state index in [1.54, 1.807) is 24.4 Å². The van der Waals surface area contributed by atoms with E-state index in [0.29, 0.717) is 39.8 Å². The van der Waals surface area contributed by atoms with Gasteiger partial charge in [-0.3, -0.25) is 9.79 Å². The highest BCUT2D eigenvalue weighted by Gasteiger charge is 2.25. The van der Waals surface area contributed by atoms with Gasteiger partial charge in [-0.15, -0.1) is 0 Å². The maximum Gasteiger partial charge on any atom is 0.227 e. The second kappa shape index (κ2) is 11.2. The van der Waals surface area contributed by atoms with Gasteiger partial charge in [0.15, 0.2) is 0 Å². The molecule has 202 valence electrons. The van der Waals surface area contributed by atoms with Crippen LogP contribution in [0.1, 0.15) is 35.1 Å². The van der Waals surface area contributed by atoms with Crippen molar-refractivity contribution < 1.29 is 13.6 Å². The van der Waals surface area contributed by atoms with Gasteiger partial charge in [-0.1, -0.05) is 35.9 Å². The lowest BCUT2D eigenvalue weighted by Crippen LogP contribution is -2.32. The van der Waals surface area contributed by atoms with Crippen molar-refractivity contribution in [2.24, 2.45) is 10.9 Å². The van der Waals surface area contributed by atoms with E-state index in [1.807, 2.05) is 24.3 Å². The van der Waals surface area contributed by atoms with E-state index in [0.717, 1.165) is 37.2 Å². The van der Waals surface area contributed by atoms with Gasteiger partial charge < -0.3 is 10.6 Å². The first-order chi connectivity index (χ1) is 19.5. The number of hydrogen-bond donors (Lipinski definition) is 2. The highest BCUT2D eigenvalue weighted by molar-refractivity contribution is 6.31. The standard InChI is InChI=1S/C31H26ClF2N5O/c32-21-6-9-23-24(15-21)30(28-25(33)2-1-3-26(28)34)36-16-20-17-37-31(39-29(20)23)38-22-7-4-18(5-8-22)14-27(40)19-10-12-35-13-11-19/h1-9,15,17,19,35H,10-14,16H2,(H,37,38,39). The SMILES string of the molecule is O=C(Cc1ccc(Nc2ncc3c(n2)-c2ccc(Cl)cc2C(c2c(F)cccc2F)=NC3)cc1)C1CCNCC1. The van der Waals surface area contributed by atoms with E-state index < -0.39 is 11.6 Å². The maximum absolute atomic E-state index is 14.8. The van der Waals surface area contributed by atoms with Crippen LogP contribution in [0.25, 0.3) is 11.3 Å². The normalized spacial score (nSPS) is 15.0. The molecule has 1 fully saturated rings. The minimum Gasteiger partial charge on any atom is -0.324 e. The fourth-order valence-corrected chi connectivity index (χ4v) is 5.42. The van der Waals surface area contributed by atoms with Crippen LogP contribution in [0.5, 0.6) is 0 Å². The highest BCUT2D eigenvalue weighted by atomic mass is 35.5. The molecule has 1 aromatic heterocycles. The van der Waals surface area contributed by atoms with Gasteiger partial charge in [-0.25, -0.2) is 18.7 Å². The van der Waals surface area contributed by atoms with Crippen molar-refractivity contribution in [3.05, 3.63) is 106 Å². The number of rotatable bonds is 6. The summed E-state index contributed by atoms with van der Waals surface area (Å²) < 4.78 is 29.6. The third kappa shape index (κ3) is 5.37. The van der Waals surface area contributed by atoms with E-state index in [9.17, 15) is 13.6 Å². The fourth-order valence-electron chi connectivity index (χ4n) is 5.25. The lowest BCUT2D eigenvalue weighted by Gasteiger charge is -2.21. The number of halogens is 3. The Labute approximate surface area is 235 Å². The van der Waals surface area contributed by atoms with E-state index in [-0.39, 0.29) is 29.5 Å². The largest absolute Gasteiger partial charge is 0.324 e. The Hall–Kier alpha value is -4.01. The Kier molecular flexibility index (Phi) is 7.36. The van der Waals surface area contributed by atoms with E-state index in [2.05, 4.69) is 20.6 Å². The Morgan fingerprint density at radius 1 is 1.00 bits per heavy atom. The van der Waals surface area contributed by atoms with Crippen LogP contribution in [-0.2, 0) is 17.8 Å². The van der Waals surface area contributed by atoms with Crippen molar-refractivity contribution in [1.29, 1.82) is 0 Å². The highest BCUT2D eigenvalue weighted by Crippen LogP contribution is 2.34. The Morgan fingerprint density at radius 2 is 1.75 bits per heavy atom. The van der Waals surface area contributed by atoms with Crippen LogP contribution in [0.2, 0.25) is 5.02 Å². The summed E-state index contributed by atoms with van der Waals surface area (Å²) in [6, 6.07) is 16.5. The fraction of sp³-hybridized carbons (Fsp3) is 0.226. The van der Waals surface area contributed by atoms with Gasteiger partial charge in [-0.05, 0) is 67.9 Å². The molecule has 40 heavy (non-hydrogen) atoms. The number of nitrogens with one attached hydrogen (secondary N) is 2. The summed E-state index contributed by atoms with van der Waals surface area (Å²) in [7, 11) is 0. The van der Waals surface area contributed by atoms with E-state index in [4.69, 9.17) is 16.6 Å². The van der Waals surface area contributed by atoms with Crippen LogP contribution >= 0.6 is 11.6 Å². The smallest absolute Gasteiger partial charge is 0.227 e. The third-order valence-corrected chi connectivity index (χ3v) is 7.58. The van der Waals surface area contributed by atoms with E-state index in [1.165, 1.54) is 18.2 Å². The molecule has 0 bridgehead atoms. The van der Waals surface area contributed by atoms with Crippen LogP contribution in [0, 0.1) is 17.6 Å². The predicted octanol–water partition coefficient (Wildman–Crippen LogP) is 6.28. The summed E-state index contributed by atoms with van der Waals surface area (Å²) in [5.41, 5.74) is 4.16. The van der Waals surface area contributed by atoms with Crippen molar-refractivity contribution in [3.63, 3.8) is 0 Å². The van der Waals surface area contributed by atoms with Crippen LogP contribution < -0.4 is 10.6 Å². The van der Waals surface area contributed by atoms with Gasteiger partial charge in [0, 0.05) is 45.9 Å². The molecule has 2 N–H and O–H groups in total. The second-order valence-corrected chi connectivity index (χ2v) is 10.4. The molecule has 6 nitrogen and oxygen atoms in total. The molecule has 3 heterocycles. The molecule has 4 aromatic rings. The number of carbonyl (C=O) groups excluding carboxylic acids is 1. The number of ketones is 1. The van der Waals surface area contributed by atoms with Crippen LogP contribution in [0.4, 0.5) is 20.4 Å². The first-order valence-corrected chi connectivity index (χ1v) is 13.6. The number of aliphatic imine (C=N–C) groups is 1. The van der Waals surface area contributed by atoms with Crippen molar-refractivity contribution in [1.82, 2.24) is 15.3 Å². The lowest BCUT2D eigenvalue weighted by atomic mass is 9.90. The van der Waals surface area contributed by atoms with Gasteiger partial charge >= 0.3 is 0 Å². The summed E-state index contributed by atoms with van der Waals surface area (Å²) in [5, 5.41) is 6.93. The van der Waals surface area contributed by atoms with Crippen LogP contribution in [0.15, 0.2) is 71.9 Å². The first-order valence-electron chi connectivity index (χ1n) is 13.2. The van der Waals surface area contributed by atoms with Crippen molar-refractivity contribution >= 4 is 34.7 Å². The molecule has 0 radical (unpaired) electrons. The number of nitrogens with zero attached hydrogens (tertiary/aromatic N) is 3. The molecule has 0 amide bonds. The maximum atomic E-state index is 14.8.